The Labute approximate surface area is 145 Å². The molecule has 0 aliphatic carbocycles. The van der Waals surface area contributed by atoms with Crippen LogP contribution in [0.2, 0.25) is 0 Å². The molecule has 1 unspecified atom stereocenters. The number of carbonyl (C=O) groups excluding carboxylic acids is 1. The molecular weight excluding hydrogens is 339 g/mol. The Bertz CT molecular complexity index is 1220. The maximum atomic E-state index is 13.3. The summed E-state index contributed by atoms with van der Waals surface area (Å²) in [4.78, 5) is 37.9. The number of hydrogen-bond acceptors (Lipinski definition) is 4. The molecule has 1 aliphatic heterocycles. The number of hydrogen-bond donors (Lipinski definition) is 2. The van der Waals surface area contributed by atoms with E-state index in [1.54, 1.807) is 12.1 Å². The third-order valence-corrected chi connectivity index (χ3v) is 4.48. The number of halogens is 1. The zero-order valence-electron chi connectivity index (χ0n) is 13.3. The van der Waals surface area contributed by atoms with E-state index in [2.05, 4.69) is 0 Å². The number of benzene rings is 2. The molecule has 0 saturated carbocycles. The number of nitrogens with two attached hydrogens (primary N) is 2. The summed E-state index contributed by atoms with van der Waals surface area (Å²) in [6.07, 6.45) is 0. The highest BCUT2D eigenvalue weighted by molar-refractivity contribution is 5.99. The maximum absolute atomic E-state index is 13.3. The largest absolute Gasteiger partial charge is 0.383 e. The van der Waals surface area contributed by atoms with Crippen molar-refractivity contribution in [1.82, 2.24) is 9.36 Å². The summed E-state index contributed by atoms with van der Waals surface area (Å²) in [5, 5.41) is 0.375. The van der Waals surface area contributed by atoms with Gasteiger partial charge in [0.25, 0.3) is 17.0 Å². The molecule has 7 nitrogen and oxygen atoms in total. The van der Waals surface area contributed by atoms with Gasteiger partial charge in [-0.2, -0.15) is 4.68 Å². The van der Waals surface area contributed by atoms with Crippen LogP contribution in [-0.4, -0.2) is 15.3 Å². The molecule has 8 heteroatoms. The van der Waals surface area contributed by atoms with Gasteiger partial charge in [-0.1, -0.05) is 24.3 Å². The number of carbonyl (C=O) groups is 1. The second kappa shape index (κ2) is 5.41. The first-order valence-corrected chi connectivity index (χ1v) is 7.73. The van der Waals surface area contributed by atoms with E-state index < -0.39 is 28.9 Å². The van der Waals surface area contributed by atoms with Gasteiger partial charge in [-0.25, -0.2) is 9.07 Å². The van der Waals surface area contributed by atoms with Crippen molar-refractivity contribution in [3.05, 3.63) is 86.2 Å². The molecule has 0 radical (unpaired) electrons. The van der Waals surface area contributed by atoms with Crippen LogP contribution in [0.25, 0.3) is 16.6 Å². The molecule has 1 amide bonds. The molecule has 130 valence electrons. The van der Waals surface area contributed by atoms with Crippen LogP contribution >= 0.6 is 0 Å². The lowest BCUT2D eigenvalue weighted by molar-refractivity contribution is -0.114. The fraction of sp³-hybridized carbons (Fsp3) is 0.0556. The summed E-state index contributed by atoms with van der Waals surface area (Å²) >= 11 is 0. The monoisotopic (exact) mass is 352 g/mol. The van der Waals surface area contributed by atoms with Crippen LogP contribution in [0.4, 0.5) is 4.39 Å². The van der Waals surface area contributed by atoms with Crippen molar-refractivity contribution in [3.8, 4) is 0 Å². The highest BCUT2D eigenvalue weighted by atomic mass is 19.1. The van der Waals surface area contributed by atoms with E-state index in [4.69, 9.17) is 11.5 Å². The van der Waals surface area contributed by atoms with Crippen molar-refractivity contribution < 1.29 is 9.18 Å². The minimum atomic E-state index is -1.02. The fourth-order valence-electron chi connectivity index (χ4n) is 3.33. The average molecular weight is 352 g/mol. The summed E-state index contributed by atoms with van der Waals surface area (Å²) in [5.74, 6) is -1.55. The molecule has 0 bridgehead atoms. The number of amides is 1. The molecule has 2 aromatic carbocycles. The maximum Gasteiger partial charge on any atom is 0.279 e. The van der Waals surface area contributed by atoms with Crippen LogP contribution in [0.3, 0.4) is 0 Å². The summed E-state index contributed by atoms with van der Waals surface area (Å²) in [6.45, 7) is 0. The molecule has 4 rings (SSSR count). The van der Waals surface area contributed by atoms with Crippen LogP contribution in [-0.2, 0) is 4.79 Å². The van der Waals surface area contributed by atoms with Gasteiger partial charge in [0, 0.05) is 0 Å². The fourth-order valence-corrected chi connectivity index (χ4v) is 3.33. The first kappa shape index (κ1) is 15.8. The second-order valence-corrected chi connectivity index (χ2v) is 5.93. The molecule has 0 saturated heterocycles. The highest BCUT2D eigenvalue weighted by Gasteiger charge is 2.37. The number of nitrogens with zero attached hydrogens (tertiary/aromatic N) is 2. The van der Waals surface area contributed by atoms with Crippen LogP contribution in [0.1, 0.15) is 11.6 Å². The van der Waals surface area contributed by atoms with E-state index in [-0.39, 0.29) is 22.2 Å². The molecule has 2 heterocycles. The Kier molecular flexibility index (Phi) is 3.30. The highest BCUT2D eigenvalue weighted by Crippen LogP contribution is 2.32. The van der Waals surface area contributed by atoms with Gasteiger partial charge in [-0.15, -0.1) is 0 Å². The number of fused-ring (bicyclic) bond motifs is 2. The first-order valence-electron chi connectivity index (χ1n) is 7.73. The lowest BCUT2D eigenvalue weighted by Crippen LogP contribution is -2.38. The van der Waals surface area contributed by atoms with Gasteiger partial charge >= 0.3 is 0 Å². The minimum absolute atomic E-state index is 0.0916. The van der Waals surface area contributed by atoms with Crippen molar-refractivity contribution in [2.75, 3.05) is 0 Å². The van der Waals surface area contributed by atoms with Gasteiger partial charge in [0.1, 0.15) is 17.7 Å². The van der Waals surface area contributed by atoms with Crippen LogP contribution in [0.15, 0.2) is 63.7 Å². The molecule has 3 aromatic rings. The Morgan fingerprint density at radius 1 is 0.962 bits per heavy atom. The number of aromatic nitrogens is 2. The molecule has 0 spiro atoms. The van der Waals surface area contributed by atoms with E-state index in [9.17, 15) is 18.8 Å². The van der Waals surface area contributed by atoms with E-state index in [0.29, 0.717) is 5.56 Å². The Morgan fingerprint density at radius 2 is 1.54 bits per heavy atom. The van der Waals surface area contributed by atoms with Crippen molar-refractivity contribution in [2.45, 2.75) is 6.04 Å². The summed E-state index contributed by atoms with van der Waals surface area (Å²) < 4.78 is 15.3. The molecule has 1 aliphatic rings. The predicted molar refractivity (Wildman–Crippen MR) is 93.6 cm³/mol. The second-order valence-electron chi connectivity index (χ2n) is 5.93. The average Bonchev–Trinajstić information content (AvgIpc) is 2.94. The molecular formula is C18H13FN4O3. The quantitative estimate of drug-likeness (QED) is 0.700. The lowest BCUT2D eigenvalue weighted by atomic mass is 9.99. The third-order valence-electron chi connectivity index (χ3n) is 4.48. The number of primary amides is 1. The Balaban J connectivity index is 2.16. The van der Waals surface area contributed by atoms with Gasteiger partial charge < -0.3 is 11.5 Å². The lowest BCUT2D eigenvalue weighted by Gasteiger charge is -2.17. The Morgan fingerprint density at radius 3 is 2.12 bits per heavy atom. The standard InChI is InChI=1S/C18H13FN4O3/c19-10-7-5-9(6-8-10)14-13(16(21)24)15(20)23-18(26)12-4-2-1-3-11(12)17(25)22(14)23/h1-8,14H,20H2,(H2,21,24). The van der Waals surface area contributed by atoms with E-state index >= 15 is 0 Å². The van der Waals surface area contributed by atoms with Crippen molar-refractivity contribution in [3.63, 3.8) is 0 Å². The van der Waals surface area contributed by atoms with Crippen LogP contribution in [0.5, 0.6) is 0 Å². The van der Waals surface area contributed by atoms with Gasteiger partial charge in [0.2, 0.25) is 0 Å². The topological polar surface area (TPSA) is 113 Å². The van der Waals surface area contributed by atoms with Gasteiger partial charge in [0.15, 0.2) is 0 Å². The van der Waals surface area contributed by atoms with Crippen molar-refractivity contribution >= 4 is 22.5 Å². The molecule has 0 fully saturated rings. The Hall–Kier alpha value is -3.68. The van der Waals surface area contributed by atoms with E-state index in [1.165, 1.54) is 36.4 Å². The van der Waals surface area contributed by atoms with E-state index in [0.717, 1.165) is 9.36 Å². The van der Waals surface area contributed by atoms with Crippen molar-refractivity contribution in [1.29, 1.82) is 0 Å². The summed E-state index contributed by atoms with van der Waals surface area (Å²) in [7, 11) is 0. The normalized spacial score (nSPS) is 16.1. The SMILES string of the molecule is NC(=O)C1=C(N)n2c(=O)c3ccccc3c(=O)n2C1c1ccc(F)cc1. The van der Waals surface area contributed by atoms with Crippen LogP contribution in [0, 0.1) is 5.82 Å². The van der Waals surface area contributed by atoms with Crippen molar-refractivity contribution in [2.24, 2.45) is 11.5 Å². The molecule has 1 aromatic heterocycles. The van der Waals surface area contributed by atoms with Gasteiger partial charge in [-0.05, 0) is 29.8 Å². The van der Waals surface area contributed by atoms with Crippen LogP contribution < -0.4 is 22.6 Å². The number of rotatable bonds is 2. The predicted octanol–water partition coefficient (Wildman–Crippen LogP) is 0.518. The minimum Gasteiger partial charge on any atom is -0.383 e. The summed E-state index contributed by atoms with van der Waals surface area (Å²) in [5.41, 5.74) is 10.8. The van der Waals surface area contributed by atoms with Gasteiger partial charge in [0.05, 0.1) is 16.3 Å². The molecule has 26 heavy (non-hydrogen) atoms. The third kappa shape index (κ3) is 2.02. The molecule has 1 atom stereocenters. The van der Waals surface area contributed by atoms with E-state index in [1.807, 2.05) is 0 Å². The van der Waals surface area contributed by atoms with Gasteiger partial charge in [-0.3, -0.25) is 14.4 Å². The molecule has 4 N–H and O–H groups in total. The zero-order chi connectivity index (χ0) is 18.6. The smallest absolute Gasteiger partial charge is 0.279 e. The zero-order valence-corrected chi connectivity index (χ0v) is 13.3. The first-order chi connectivity index (χ1) is 12.4. The summed E-state index contributed by atoms with van der Waals surface area (Å²) in [6, 6.07) is 10.5.